The van der Waals surface area contributed by atoms with E-state index in [1.807, 2.05) is 38.0 Å². The topological polar surface area (TPSA) is 64.7 Å². The third kappa shape index (κ3) is 11.1. The second-order valence-corrected chi connectivity index (χ2v) is 4.48. The normalized spacial score (nSPS) is 10.7. The molecule has 0 aromatic heterocycles. The van der Waals surface area contributed by atoms with Gasteiger partial charge in [-0.3, -0.25) is 9.59 Å². The van der Waals surface area contributed by atoms with Crippen LogP contribution < -0.4 is 10.6 Å². The molecule has 0 unspecified atom stereocenters. The summed E-state index contributed by atoms with van der Waals surface area (Å²) in [5.41, 5.74) is 0. The van der Waals surface area contributed by atoms with Crippen molar-refractivity contribution in [2.75, 3.05) is 47.9 Å². The van der Waals surface area contributed by atoms with Crippen LogP contribution in [0.4, 0.5) is 0 Å². The lowest BCUT2D eigenvalue weighted by molar-refractivity contribution is -0.123. The van der Waals surface area contributed by atoms with Crippen LogP contribution in [-0.2, 0) is 9.59 Å². The number of carbonyl (C=O) groups excluding carboxylic acids is 2. The van der Waals surface area contributed by atoms with Crippen molar-refractivity contribution in [3.63, 3.8) is 0 Å². The van der Waals surface area contributed by atoms with Gasteiger partial charge in [0.1, 0.15) is 0 Å². The Balaban J connectivity index is 3.49. The monoisotopic (exact) mass is 244 g/mol. The van der Waals surface area contributed by atoms with Crippen molar-refractivity contribution in [2.45, 2.75) is 12.8 Å². The van der Waals surface area contributed by atoms with E-state index in [1.165, 1.54) is 0 Å². The van der Waals surface area contributed by atoms with Gasteiger partial charge in [-0.25, -0.2) is 0 Å². The molecule has 6 nitrogen and oxygen atoms in total. The summed E-state index contributed by atoms with van der Waals surface area (Å²) in [5, 5.41) is 5.29. The van der Waals surface area contributed by atoms with Gasteiger partial charge in [-0.15, -0.1) is 0 Å². The van der Waals surface area contributed by atoms with E-state index in [1.54, 1.807) is 0 Å². The van der Waals surface area contributed by atoms with E-state index >= 15 is 0 Å². The van der Waals surface area contributed by atoms with E-state index in [0.717, 1.165) is 0 Å². The van der Waals surface area contributed by atoms with Crippen LogP contribution in [0.3, 0.4) is 0 Å². The fraction of sp³-hybridized carbons (Fsp3) is 0.818. The SMILES string of the molecule is CN(C)CCC(=O)NCNC(=O)CCN(C)C. The van der Waals surface area contributed by atoms with Crippen molar-refractivity contribution >= 4 is 11.8 Å². The molecule has 6 heteroatoms. The largest absolute Gasteiger partial charge is 0.339 e. The molecule has 0 aromatic carbocycles. The third-order valence-electron chi connectivity index (χ3n) is 2.14. The van der Waals surface area contributed by atoms with Gasteiger partial charge in [0.25, 0.3) is 0 Å². The van der Waals surface area contributed by atoms with Gasteiger partial charge in [0.15, 0.2) is 0 Å². The summed E-state index contributed by atoms with van der Waals surface area (Å²) in [4.78, 5) is 26.5. The smallest absolute Gasteiger partial charge is 0.222 e. The summed E-state index contributed by atoms with van der Waals surface area (Å²) in [6.45, 7) is 1.62. The molecule has 0 atom stereocenters. The second-order valence-electron chi connectivity index (χ2n) is 4.48. The third-order valence-corrected chi connectivity index (χ3v) is 2.14. The van der Waals surface area contributed by atoms with Crippen LogP contribution in [0.1, 0.15) is 12.8 Å². The molecule has 100 valence electrons. The highest BCUT2D eigenvalue weighted by Gasteiger charge is 2.03. The van der Waals surface area contributed by atoms with Crippen molar-refractivity contribution in [3.8, 4) is 0 Å². The molecular weight excluding hydrogens is 220 g/mol. The van der Waals surface area contributed by atoms with Crippen molar-refractivity contribution in [3.05, 3.63) is 0 Å². The van der Waals surface area contributed by atoms with E-state index in [0.29, 0.717) is 25.9 Å². The maximum Gasteiger partial charge on any atom is 0.222 e. The summed E-state index contributed by atoms with van der Waals surface area (Å²) >= 11 is 0. The van der Waals surface area contributed by atoms with E-state index in [4.69, 9.17) is 0 Å². The Morgan fingerprint density at radius 2 is 1.18 bits per heavy atom. The van der Waals surface area contributed by atoms with Crippen LogP contribution in [0.5, 0.6) is 0 Å². The molecule has 0 rings (SSSR count). The summed E-state index contributed by atoms with van der Waals surface area (Å²) in [5.74, 6) is -0.0989. The number of hydrogen-bond donors (Lipinski definition) is 2. The molecule has 0 aliphatic carbocycles. The van der Waals surface area contributed by atoms with Crippen LogP contribution in [0, 0.1) is 0 Å². The standard InChI is InChI=1S/C11H24N4O2/c1-14(2)7-5-10(16)12-9-13-11(17)6-8-15(3)4/h5-9H2,1-4H3,(H,12,16)(H,13,17). The van der Waals surface area contributed by atoms with Crippen LogP contribution in [0.15, 0.2) is 0 Å². The maximum atomic E-state index is 11.3. The van der Waals surface area contributed by atoms with Gasteiger partial charge in [0, 0.05) is 25.9 Å². The Labute approximate surface area is 103 Å². The molecule has 0 aliphatic rings. The van der Waals surface area contributed by atoms with Crippen LogP contribution in [0.25, 0.3) is 0 Å². The average Bonchev–Trinajstić information content (AvgIpc) is 2.23. The number of amides is 2. The Kier molecular flexibility index (Phi) is 8.35. The predicted molar refractivity (Wildman–Crippen MR) is 67.5 cm³/mol. The van der Waals surface area contributed by atoms with E-state index in [-0.39, 0.29) is 18.5 Å². The average molecular weight is 244 g/mol. The number of nitrogens with zero attached hydrogens (tertiary/aromatic N) is 2. The number of carbonyl (C=O) groups is 2. The zero-order valence-corrected chi connectivity index (χ0v) is 11.2. The highest BCUT2D eigenvalue weighted by molar-refractivity contribution is 5.78. The van der Waals surface area contributed by atoms with Crippen molar-refractivity contribution in [1.82, 2.24) is 20.4 Å². The van der Waals surface area contributed by atoms with Crippen LogP contribution >= 0.6 is 0 Å². The summed E-state index contributed by atoms with van der Waals surface area (Å²) in [6.07, 6.45) is 0.890. The van der Waals surface area contributed by atoms with Gasteiger partial charge >= 0.3 is 0 Å². The first kappa shape index (κ1) is 15.9. The summed E-state index contributed by atoms with van der Waals surface area (Å²) in [7, 11) is 7.65. The van der Waals surface area contributed by atoms with E-state index in [2.05, 4.69) is 10.6 Å². The summed E-state index contributed by atoms with van der Waals surface area (Å²) in [6, 6.07) is 0. The summed E-state index contributed by atoms with van der Waals surface area (Å²) < 4.78 is 0. The molecule has 0 fully saturated rings. The fourth-order valence-electron chi connectivity index (χ4n) is 1.07. The molecule has 17 heavy (non-hydrogen) atoms. The molecular formula is C11H24N4O2. The quantitative estimate of drug-likeness (QED) is 0.542. The van der Waals surface area contributed by atoms with Crippen LogP contribution in [0.2, 0.25) is 0 Å². The zero-order valence-electron chi connectivity index (χ0n) is 11.2. The molecule has 2 N–H and O–H groups in total. The van der Waals surface area contributed by atoms with Gasteiger partial charge in [-0.1, -0.05) is 0 Å². The maximum absolute atomic E-state index is 11.3. The van der Waals surface area contributed by atoms with Gasteiger partial charge in [0.2, 0.25) is 11.8 Å². The zero-order chi connectivity index (χ0) is 13.3. The molecule has 0 radical (unpaired) electrons. The van der Waals surface area contributed by atoms with E-state index in [9.17, 15) is 9.59 Å². The predicted octanol–water partition coefficient (Wildman–Crippen LogP) is -0.920. The van der Waals surface area contributed by atoms with Gasteiger partial charge < -0.3 is 20.4 Å². The molecule has 2 amide bonds. The van der Waals surface area contributed by atoms with Crippen molar-refractivity contribution in [1.29, 1.82) is 0 Å². The minimum Gasteiger partial charge on any atom is -0.339 e. The number of hydrogen-bond acceptors (Lipinski definition) is 4. The number of nitrogens with one attached hydrogen (secondary N) is 2. The molecule has 0 saturated heterocycles. The molecule has 0 saturated carbocycles. The Hall–Kier alpha value is -1.14. The van der Waals surface area contributed by atoms with Crippen molar-refractivity contribution < 1.29 is 9.59 Å². The van der Waals surface area contributed by atoms with Gasteiger partial charge in [-0.2, -0.15) is 0 Å². The fourth-order valence-corrected chi connectivity index (χ4v) is 1.07. The molecule has 0 aliphatic heterocycles. The lowest BCUT2D eigenvalue weighted by Gasteiger charge is -2.11. The Morgan fingerprint density at radius 3 is 1.47 bits per heavy atom. The molecule has 0 heterocycles. The lowest BCUT2D eigenvalue weighted by Crippen LogP contribution is -2.38. The van der Waals surface area contributed by atoms with Gasteiger partial charge in [-0.05, 0) is 28.2 Å². The van der Waals surface area contributed by atoms with Gasteiger partial charge in [0.05, 0.1) is 6.67 Å². The first-order valence-electron chi connectivity index (χ1n) is 5.74. The number of rotatable bonds is 8. The van der Waals surface area contributed by atoms with E-state index < -0.39 is 0 Å². The van der Waals surface area contributed by atoms with Crippen LogP contribution in [-0.4, -0.2) is 69.6 Å². The first-order valence-corrected chi connectivity index (χ1v) is 5.74. The Bertz CT molecular complexity index is 218. The highest BCUT2D eigenvalue weighted by Crippen LogP contribution is 1.84. The minimum absolute atomic E-state index is 0.0494. The molecule has 0 bridgehead atoms. The Morgan fingerprint density at radius 1 is 0.824 bits per heavy atom. The molecule has 0 spiro atoms. The van der Waals surface area contributed by atoms with Crippen molar-refractivity contribution in [2.24, 2.45) is 0 Å². The minimum atomic E-state index is -0.0494. The second kappa shape index (κ2) is 8.95. The molecule has 0 aromatic rings. The first-order chi connectivity index (χ1) is 7.91. The lowest BCUT2D eigenvalue weighted by atomic mass is 10.4. The highest BCUT2D eigenvalue weighted by atomic mass is 16.2.